The van der Waals surface area contributed by atoms with Gasteiger partial charge in [-0.2, -0.15) is 0 Å². The first-order valence-corrected chi connectivity index (χ1v) is 17.4. The Kier molecular flexibility index (Phi) is 14.8. The van der Waals surface area contributed by atoms with Crippen LogP contribution in [-0.2, 0) is 32.1 Å². The highest BCUT2D eigenvalue weighted by molar-refractivity contribution is 6.30. The highest BCUT2D eigenvalue weighted by atomic mass is 35.5. The van der Waals surface area contributed by atoms with E-state index in [4.69, 9.17) is 11.6 Å². The van der Waals surface area contributed by atoms with Crippen molar-refractivity contribution in [1.29, 1.82) is 0 Å². The predicted octanol–water partition coefficient (Wildman–Crippen LogP) is 4.18. The number of carbonyl (C=O) groups is 5. The first-order chi connectivity index (χ1) is 24.1. The summed E-state index contributed by atoms with van der Waals surface area (Å²) in [4.78, 5) is 64.2. The van der Waals surface area contributed by atoms with Crippen LogP contribution < -0.4 is 21.3 Å². The molecule has 4 amide bonds. The minimum atomic E-state index is -1.15. The maximum atomic E-state index is 13.5. The summed E-state index contributed by atoms with van der Waals surface area (Å²) in [6.07, 6.45) is 3.30. The molecule has 0 spiro atoms. The van der Waals surface area contributed by atoms with Crippen LogP contribution in [0, 0.1) is 5.92 Å². The van der Waals surface area contributed by atoms with Gasteiger partial charge in [-0.3, -0.25) is 24.0 Å². The topological polar surface area (TPSA) is 157 Å². The van der Waals surface area contributed by atoms with Gasteiger partial charge in [-0.05, 0) is 91.2 Å². The standard InChI is InChI=1S/C38H46ClN5O6/c1-40-34(45)9-2-3-19-41-24-27-6-4-7-30(22-27)28-12-14-29(15-13-28)37(49)43-33-8-5-21-44(38(50)32(33)23-36(47)48)25-35(46)42-20-18-26-10-16-31(39)17-11-26/h4,6-7,10-17,22,32-33,41H,2-3,5,8-9,18-21,23-25H2,1H3,(H,40,45)(H,42,46)(H,43,49)(H,47,48)/t32?,33-/m0/s1. The van der Waals surface area contributed by atoms with Gasteiger partial charge in [0.15, 0.2) is 0 Å². The molecule has 12 heteroatoms. The van der Waals surface area contributed by atoms with Gasteiger partial charge in [-0.25, -0.2) is 0 Å². The summed E-state index contributed by atoms with van der Waals surface area (Å²) in [5.41, 5.74) is 4.45. The smallest absolute Gasteiger partial charge is 0.304 e. The summed E-state index contributed by atoms with van der Waals surface area (Å²) < 4.78 is 0. The van der Waals surface area contributed by atoms with Crippen molar-refractivity contribution >= 4 is 41.2 Å². The van der Waals surface area contributed by atoms with Crippen molar-refractivity contribution in [3.05, 3.63) is 94.5 Å². The largest absolute Gasteiger partial charge is 0.481 e. The molecule has 0 bridgehead atoms. The van der Waals surface area contributed by atoms with Gasteiger partial charge in [0.25, 0.3) is 5.91 Å². The lowest BCUT2D eigenvalue weighted by Crippen LogP contribution is -2.48. The number of likely N-dealkylation sites (tertiary alicyclic amines) is 1. The molecule has 1 fully saturated rings. The number of nitrogens with zero attached hydrogens (tertiary/aromatic N) is 1. The molecule has 0 aliphatic carbocycles. The lowest BCUT2D eigenvalue weighted by atomic mass is 9.92. The molecule has 3 aromatic rings. The number of carboxylic acid groups (broad SMARTS) is 1. The van der Waals surface area contributed by atoms with E-state index < -0.39 is 36.2 Å². The quantitative estimate of drug-likeness (QED) is 0.132. The van der Waals surface area contributed by atoms with Crippen molar-refractivity contribution in [1.82, 2.24) is 26.2 Å². The third kappa shape index (κ3) is 12.0. The number of carboxylic acids is 1. The lowest BCUT2D eigenvalue weighted by Gasteiger charge is -2.27. The normalized spacial score (nSPS) is 16.0. The molecule has 4 rings (SSSR count). The number of hydrogen-bond acceptors (Lipinski definition) is 6. The maximum absolute atomic E-state index is 13.5. The number of rotatable bonds is 17. The molecular weight excluding hydrogens is 658 g/mol. The van der Waals surface area contributed by atoms with E-state index in [1.807, 2.05) is 42.5 Å². The van der Waals surface area contributed by atoms with E-state index in [1.54, 1.807) is 31.3 Å². The van der Waals surface area contributed by atoms with Crippen LogP contribution in [0.1, 0.15) is 60.0 Å². The molecule has 11 nitrogen and oxygen atoms in total. The molecule has 2 atom stereocenters. The van der Waals surface area contributed by atoms with Crippen molar-refractivity contribution < 1.29 is 29.1 Å². The second-order valence-corrected chi connectivity index (χ2v) is 12.9. The average molecular weight is 704 g/mol. The number of carbonyl (C=O) groups excluding carboxylic acids is 4. The number of nitrogens with one attached hydrogen (secondary N) is 4. The molecule has 1 heterocycles. The monoisotopic (exact) mass is 703 g/mol. The fourth-order valence-electron chi connectivity index (χ4n) is 6.01. The minimum absolute atomic E-state index is 0.0512. The molecule has 1 aliphatic heterocycles. The third-order valence-electron chi connectivity index (χ3n) is 8.78. The van der Waals surface area contributed by atoms with Gasteiger partial charge in [0, 0.05) is 49.7 Å². The zero-order valence-corrected chi connectivity index (χ0v) is 29.1. The van der Waals surface area contributed by atoms with Crippen LogP contribution in [0.4, 0.5) is 0 Å². The molecule has 266 valence electrons. The fourth-order valence-corrected chi connectivity index (χ4v) is 6.14. The van der Waals surface area contributed by atoms with Gasteiger partial charge in [-0.15, -0.1) is 0 Å². The van der Waals surface area contributed by atoms with Gasteiger partial charge < -0.3 is 31.3 Å². The Morgan fingerprint density at radius 3 is 2.38 bits per heavy atom. The summed E-state index contributed by atoms with van der Waals surface area (Å²) in [6, 6.07) is 21.9. The zero-order chi connectivity index (χ0) is 35.9. The minimum Gasteiger partial charge on any atom is -0.481 e. The van der Waals surface area contributed by atoms with Gasteiger partial charge in [-0.1, -0.05) is 54.1 Å². The van der Waals surface area contributed by atoms with Crippen molar-refractivity contribution in [2.24, 2.45) is 5.92 Å². The van der Waals surface area contributed by atoms with Crippen LogP contribution in [0.25, 0.3) is 11.1 Å². The summed E-state index contributed by atoms with van der Waals surface area (Å²) in [6.45, 7) is 1.98. The average Bonchev–Trinajstić information content (AvgIpc) is 3.24. The molecular formula is C38H46ClN5O6. The number of unbranched alkanes of at least 4 members (excludes halogenated alkanes) is 1. The Bertz CT molecular complexity index is 1610. The van der Waals surface area contributed by atoms with E-state index in [1.165, 1.54) is 4.90 Å². The van der Waals surface area contributed by atoms with Gasteiger partial charge in [0.05, 0.1) is 18.9 Å². The van der Waals surface area contributed by atoms with Crippen LogP contribution in [0.5, 0.6) is 0 Å². The van der Waals surface area contributed by atoms with E-state index in [0.29, 0.717) is 49.4 Å². The van der Waals surface area contributed by atoms with Crippen molar-refractivity contribution in [3.63, 3.8) is 0 Å². The SMILES string of the molecule is CNC(=O)CCCCNCc1cccc(-c2ccc(C(=O)N[C@H]3CCCN(CC(=O)NCCc4ccc(Cl)cc4)C(=O)C3CC(=O)O)cc2)c1. The molecule has 1 aliphatic rings. The Balaban J connectivity index is 1.31. The van der Waals surface area contributed by atoms with Gasteiger partial charge >= 0.3 is 5.97 Å². The second-order valence-electron chi connectivity index (χ2n) is 12.5. The molecule has 0 aromatic heterocycles. The number of amides is 4. The first kappa shape index (κ1) is 38.1. The summed E-state index contributed by atoms with van der Waals surface area (Å²) in [5.74, 6) is -3.30. The van der Waals surface area contributed by atoms with E-state index in [2.05, 4.69) is 27.3 Å². The van der Waals surface area contributed by atoms with Gasteiger partial charge in [0.1, 0.15) is 0 Å². The van der Waals surface area contributed by atoms with Crippen molar-refractivity contribution in [2.75, 3.05) is 33.2 Å². The van der Waals surface area contributed by atoms with Crippen LogP contribution >= 0.6 is 11.6 Å². The van der Waals surface area contributed by atoms with E-state index >= 15 is 0 Å². The summed E-state index contributed by atoms with van der Waals surface area (Å²) >= 11 is 5.93. The molecule has 3 aromatic carbocycles. The first-order valence-electron chi connectivity index (χ1n) is 17.1. The Hall–Kier alpha value is -4.74. The number of aliphatic carboxylic acids is 1. The highest BCUT2D eigenvalue weighted by Gasteiger charge is 2.37. The van der Waals surface area contributed by atoms with Crippen molar-refractivity contribution in [2.45, 2.75) is 57.5 Å². The number of hydrogen-bond donors (Lipinski definition) is 5. The third-order valence-corrected chi connectivity index (χ3v) is 9.03. The highest BCUT2D eigenvalue weighted by Crippen LogP contribution is 2.24. The number of benzene rings is 3. The van der Waals surface area contributed by atoms with Crippen LogP contribution in [0.2, 0.25) is 5.02 Å². The van der Waals surface area contributed by atoms with Crippen LogP contribution in [0.3, 0.4) is 0 Å². The Labute approximate surface area is 298 Å². The van der Waals surface area contributed by atoms with Crippen molar-refractivity contribution in [3.8, 4) is 11.1 Å². The predicted molar refractivity (Wildman–Crippen MR) is 192 cm³/mol. The lowest BCUT2D eigenvalue weighted by molar-refractivity contribution is -0.145. The molecule has 1 saturated heterocycles. The number of halogens is 1. The maximum Gasteiger partial charge on any atom is 0.304 e. The van der Waals surface area contributed by atoms with E-state index in [9.17, 15) is 29.1 Å². The van der Waals surface area contributed by atoms with E-state index in [0.717, 1.165) is 41.6 Å². The second kappa shape index (κ2) is 19.4. The summed E-state index contributed by atoms with van der Waals surface area (Å²) in [5, 5.41) is 22.1. The van der Waals surface area contributed by atoms with E-state index in [-0.39, 0.29) is 24.9 Å². The Morgan fingerprint density at radius 2 is 1.66 bits per heavy atom. The Morgan fingerprint density at radius 1 is 0.900 bits per heavy atom. The zero-order valence-electron chi connectivity index (χ0n) is 28.4. The fraction of sp³-hybridized carbons (Fsp3) is 0.395. The molecule has 0 saturated carbocycles. The molecule has 50 heavy (non-hydrogen) atoms. The molecule has 0 radical (unpaired) electrons. The summed E-state index contributed by atoms with van der Waals surface area (Å²) in [7, 11) is 1.64. The molecule has 5 N–H and O–H groups in total. The molecule has 1 unspecified atom stereocenters. The van der Waals surface area contributed by atoms with Crippen LogP contribution in [0.15, 0.2) is 72.8 Å². The van der Waals surface area contributed by atoms with Gasteiger partial charge in [0.2, 0.25) is 17.7 Å². The van der Waals surface area contributed by atoms with Crippen LogP contribution in [-0.4, -0.2) is 78.9 Å².